The molecule has 1 saturated heterocycles. The van der Waals surface area contributed by atoms with Gasteiger partial charge in [0, 0.05) is 43.1 Å². The number of nitrogens with zero attached hydrogens (tertiary/aromatic N) is 4. The van der Waals surface area contributed by atoms with Crippen molar-refractivity contribution < 1.29 is 9.21 Å². The Bertz CT molecular complexity index is 1320. The first kappa shape index (κ1) is 19.8. The second-order valence-corrected chi connectivity index (χ2v) is 8.18. The maximum Gasteiger partial charge on any atom is 0.297 e. The lowest BCUT2D eigenvalue weighted by Gasteiger charge is -2.34. The van der Waals surface area contributed by atoms with E-state index in [-0.39, 0.29) is 23.6 Å². The summed E-state index contributed by atoms with van der Waals surface area (Å²) in [6.07, 6.45) is 1.43. The number of benzene rings is 2. The van der Waals surface area contributed by atoms with Gasteiger partial charge in [0.05, 0.1) is 6.33 Å². The van der Waals surface area contributed by atoms with E-state index in [2.05, 4.69) is 16.0 Å². The third kappa shape index (κ3) is 3.94. The highest BCUT2D eigenvalue weighted by Gasteiger charge is 2.22. The van der Waals surface area contributed by atoms with E-state index in [1.54, 1.807) is 11.0 Å². The average Bonchev–Trinajstić information content (AvgIpc) is 3.16. The number of carbonyl (C=O) groups is 1. The fourth-order valence-electron chi connectivity index (χ4n) is 4.02. The van der Waals surface area contributed by atoms with Gasteiger partial charge in [-0.05, 0) is 29.8 Å². The van der Waals surface area contributed by atoms with E-state index in [0.29, 0.717) is 24.2 Å². The molecule has 0 bridgehead atoms. The van der Waals surface area contributed by atoms with E-state index in [0.717, 1.165) is 35.6 Å². The molecule has 0 saturated carbocycles. The van der Waals surface area contributed by atoms with E-state index >= 15 is 0 Å². The predicted octanol–water partition coefficient (Wildman–Crippen LogP) is 3.14. The predicted molar refractivity (Wildman–Crippen MR) is 119 cm³/mol. The molecule has 0 atom stereocenters. The molecule has 0 aliphatic carbocycles. The van der Waals surface area contributed by atoms with E-state index in [1.165, 1.54) is 10.9 Å². The lowest BCUT2D eigenvalue weighted by molar-refractivity contribution is -0.133. The summed E-state index contributed by atoms with van der Waals surface area (Å²) in [7, 11) is 0. The number of hydrogen-bond acceptors (Lipinski definition) is 5. The lowest BCUT2D eigenvalue weighted by Crippen LogP contribution is -2.49. The molecule has 1 fully saturated rings. The first-order valence-corrected chi connectivity index (χ1v) is 10.6. The average molecular weight is 437 g/mol. The van der Waals surface area contributed by atoms with Crippen molar-refractivity contribution >= 4 is 39.6 Å². The molecule has 1 aliphatic rings. The zero-order valence-corrected chi connectivity index (χ0v) is 17.6. The van der Waals surface area contributed by atoms with Crippen molar-refractivity contribution in [2.24, 2.45) is 0 Å². The summed E-state index contributed by atoms with van der Waals surface area (Å²) in [4.78, 5) is 34.1. The van der Waals surface area contributed by atoms with Crippen LogP contribution in [0.15, 0.2) is 64.1 Å². The number of hydrogen-bond donors (Lipinski definition) is 0. The van der Waals surface area contributed by atoms with Crippen LogP contribution < -0.4 is 5.56 Å². The van der Waals surface area contributed by atoms with Crippen molar-refractivity contribution in [2.75, 3.05) is 26.2 Å². The van der Waals surface area contributed by atoms with Gasteiger partial charge in [0.1, 0.15) is 17.6 Å². The van der Waals surface area contributed by atoms with Gasteiger partial charge in [-0.3, -0.25) is 19.1 Å². The number of halogens is 1. The molecule has 0 unspecified atom stereocenters. The molecule has 1 amide bonds. The third-order valence-electron chi connectivity index (χ3n) is 5.68. The first-order valence-electron chi connectivity index (χ1n) is 10.2. The Kier molecular flexibility index (Phi) is 5.21. The van der Waals surface area contributed by atoms with E-state index in [1.807, 2.05) is 36.4 Å². The summed E-state index contributed by atoms with van der Waals surface area (Å²) in [5.74, 6) is -0.0956. The summed E-state index contributed by atoms with van der Waals surface area (Å²) >= 11 is 6.07. The highest BCUT2D eigenvalue weighted by molar-refractivity contribution is 6.30. The van der Waals surface area contributed by atoms with E-state index in [4.69, 9.17) is 16.0 Å². The van der Waals surface area contributed by atoms with Gasteiger partial charge in [-0.1, -0.05) is 35.9 Å². The minimum absolute atomic E-state index is 0.0485. The molecule has 4 aromatic rings. The molecule has 2 aromatic carbocycles. The van der Waals surface area contributed by atoms with Gasteiger partial charge in [0.2, 0.25) is 11.5 Å². The Morgan fingerprint density at radius 2 is 1.87 bits per heavy atom. The highest BCUT2D eigenvalue weighted by Crippen LogP contribution is 2.24. The zero-order chi connectivity index (χ0) is 21.4. The molecule has 5 rings (SSSR count). The molecule has 7 nitrogen and oxygen atoms in total. The van der Waals surface area contributed by atoms with Crippen LogP contribution in [0.2, 0.25) is 5.02 Å². The Hall–Kier alpha value is -3.16. The number of para-hydroxylation sites is 1. The highest BCUT2D eigenvalue weighted by atomic mass is 35.5. The molecule has 8 heteroatoms. The number of aromatic nitrogens is 2. The van der Waals surface area contributed by atoms with E-state index < -0.39 is 0 Å². The zero-order valence-electron chi connectivity index (χ0n) is 16.8. The molecule has 1 aliphatic heterocycles. The number of rotatable bonds is 4. The number of amides is 1. The number of furan rings is 1. The summed E-state index contributed by atoms with van der Waals surface area (Å²) in [6.45, 7) is 3.53. The maximum atomic E-state index is 12.8. The summed E-state index contributed by atoms with van der Waals surface area (Å²) in [5.41, 5.74) is 2.14. The Morgan fingerprint density at radius 1 is 1.06 bits per heavy atom. The monoisotopic (exact) mass is 436 g/mol. The van der Waals surface area contributed by atoms with Crippen LogP contribution in [0.1, 0.15) is 5.56 Å². The fourth-order valence-corrected chi connectivity index (χ4v) is 4.24. The SMILES string of the molecule is O=C(Cn1cnc2c(oc3ccccc32)c1=O)N1CCN(Cc2cccc(Cl)c2)CC1. The smallest absolute Gasteiger partial charge is 0.297 e. The largest absolute Gasteiger partial charge is 0.448 e. The fraction of sp³-hybridized carbons (Fsp3) is 0.261. The minimum Gasteiger partial charge on any atom is -0.448 e. The van der Waals surface area contributed by atoms with E-state index in [9.17, 15) is 9.59 Å². The minimum atomic E-state index is -0.339. The van der Waals surface area contributed by atoms with Crippen molar-refractivity contribution in [2.45, 2.75) is 13.1 Å². The van der Waals surface area contributed by atoms with Gasteiger partial charge in [0.25, 0.3) is 5.56 Å². The van der Waals surface area contributed by atoms with Crippen LogP contribution in [0.4, 0.5) is 0 Å². The van der Waals surface area contributed by atoms with Gasteiger partial charge >= 0.3 is 0 Å². The van der Waals surface area contributed by atoms with Crippen LogP contribution in [-0.2, 0) is 17.9 Å². The molecule has 2 aromatic heterocycles. The van der Waals surface area contributed by atoms with Crippen molar-refractivity contribution in [1.82, 2.24) is 19.4 Å². The summed E-state index contributed by atoms with van der Waals surface area (Å²) < 4.78 is 7.02. The van der Waals surface area contributed by atoms with Crippen LogP contribution in [-0.4, -0.2) is 51.4 Å². The molecular formula is C23H21ClN4O3. The van der Waals surface area contributed by atoms with Crippen LogP contribution in [0.3, 0.4) is 0 Å². The quantitative estimate of drug-likeness (QED) is 0.491. The Morgan fingerprint density at radius 3 is 2.68 bits per heavy atom. The normalized spacial score (nSPS) is 15.1. The van der Waals surface area contributed by atoms with Crippen molar-refractivity contribution in [3.63, 3.8) is 0 Å². The van der Waals surface area contributed by atoms with Gasteiger partial charge in [-0.25, -0.2) is 4.98 Å². The summed E-state index contributed by atoms with van der Waals surface area (Å²) in [5, 5.41) is 1.52. The van der Waals surface area contributed by atoms with Crippen LogP contribution in [0.5, 0.6) is 0 Å². The van der Waals surface area contributed by atoms with Gasteiger partial charge < -0.3 is 9.32 Å². The molecule has 0 radical (unpaired) electrons. The first-order chi connectivity index (χ1) is 15.1. The van der Waals surface area contributed by atoms with Gasteiger partial charge in [-0.2, -0.15) is 0 Å². The second-order valence-electron chi connectivity index (χ2n) is 7.74. The number of fused-ring (bicyclic) bond motifs is 3. The molecule has 31 heavy (non-hydrogen) atoms. The maximum absolute atomic E-state index is 12.8. The van der Waals surface area contributed by atoms with Gasteiger partial charge in [-0.15, -0.1) is 0 Å². The Labute approximate surface area is 183 Å². The molecule has 0 N–H and O–H groups in total. The van der Waals surface area contributed by atoms with Crippen molar-refractivity contribution in [3.8, 4) is 0 Å². The Balaban J connectivity index is 1.25. The van der Waals surface area contributed by atoms with Gasteiger partial charge in [0.15, 0.2) is 0 Å². The number of carbonyl (C=O) groups excluding carboxylic acids is 1. The topological polar surface area (TPSA) is 71.6 Å². The van der Waals surface area contributed by atoms with Crippen LogP contribution in [0, 0.1) is 0 Å². The number of piperazine rings is 1. The lowest BCUT2D eigenvalue weighted by atomic mass is 10.2. The second kappa shape index (κ2) is 8.17. The van der Waals surface area contributed by atoms with Crippen LogP contribution in [0.25, 0.3) is 22.1 Å². The van der Waals surface area contributed by atoms with Crippen LogP contribution >= 0.6 is 11.6 Å². The standard InChI is InChI=1S/C23H21ClN4O3/c24-17-5-3-4-16(12-17)13-26-8-10-27(11-9-26)20(29)14-28-15-25-21-18-6-1-2-7-19(18)31-22(21)23(28)30/h1-7,12,15H,8-11,13-14H2. The van der Waals surface area contributed by atoms with Crippen molar-refractivity contribution in [1.29, 1.82) is 0 Å². The van der Waals surface area contributed by atoms with Crippen molar-refractivity contribution in [3.05, 3.63) is 75.8 Å². The third-order valence-corrected chi connectivity index (χ3v) is 5.91. The molecular weight excluding hydrogens is 416 g/mol. The molecule has 3 heterocycles. The molecule has 158 valence electrons. The molecule has 0 spiro atoms. The summed E-state index contributed by atoms with van der Waals surface area (Å²) in [6, 6.07) is 15.2.